The van der Waals surface area contributed by atoms with Crippen molar-refractivity contribution in [1.82, 2.24) is 20.0 Å². The average Bonchev–Trinajstić information content (AvgIpc) is 3.30. The van der Waals surface area contributed by atoms with Gasteiger partial charge in [-0.25, -0.2) is 0 Å². The maximum Gasteiger partial charge on any atom is 0.276 e. The van der Waals surface area contributed by atoms with Crippen LogP contribution in [0.25, 0.3) is 0 Å². The molecule has 0 saturated heterocycles. The summed E-state index contributed by atoms with van der Waals surface area (Å²) in [4.78, 5) is 12.7. The highest BCUT2D eigenvalue weighted by Crippen LogP contribution is 2.27. The molecule has 140 valence electrons. The smallest absolute Gasteiger partial charge is 0.276 e. The van der Waals surface area contributed by atoms with Crippen LogP contribution in [0.15, 0.2) is 42.7 Å². The lowest BCUT2D eigenvalue weighted by Crippen LogP contribution is -2.17. The third-order valence-corrected chi connectivity index (χ3v) is 5.36. The zero-order chi connectivity index (χ0) is 18.8. The van der Waals surface area contributed by atoms with Gasteiger partial charge in [-0.05, 0) is 37.2 Å². The molecule has 0 spiro atoms. The van der Waals surface area contributed by atoms with Crippen LogP contribution in [0.4, 0.5) is 5.69 Å². The Morgan fingerprint density at radius 1 is 1.37 bits per heavy atom. The zero-order valence-corrected chi connectivity index (χ0v) is 15.8. The Morgan fingerprint density at radius 2 is 2.19 bits per heavy atom. The number of benzene rings is 1. The van der Waals surface area contributed by atoms with E-state index in [1.165, 1.54) is 5.56 Å². The number of rotatable bonds is 5. The second kappa shape index (κ2) is 7.39. The van der Waals surface area contributed by atoms with E-state index in [0.717, 1.165) is 36.9 Å². The summed E-state index contributed by atoms with van der Waals surface area (Å²) in [6, 6.07) is 10.4. The summed E-state index contributed by atoms with van der Waals surface area (Å²) in [5.74, 6) is 0.463. The minimum Gasteiger partial charge on any atom is -0.318 e. The van der Waals surface area contributed by atoms with Crippen LogP contribution in [0.1, 0.15) is 60.0 Å². The van der Waals surface area contributed by atoms with Crippen LogP contribution in [-0.4, -0.2) is 25.9 Å². The average molecular weight is 363 g/mol. The van der Waals surface area contributed by atoms with Gasteiger partial charge >= 0.3 is 0 Å². The van der Waals surface area contributed by atoms with E-state index >= 15 is 0 Å². The quantitative estimate of drug-likeness (QED) is 0.720. The predicted octanol–water partition coefficient (Wildman–Crippen LogP) is 3.98. The first kappa shape index (κ1) is 17.5. The van der Waals surface area contributed by atoms with E-state index in [4.69, 9.17) is 0 Å². The molecule has 0 fully saturated rings. The summed E-state index contributed by atoms with van der Waals surface area (Å²) < 4.78 is 1.91. The molecule has 0 radical (unpaired) electrons. The van der Waals surface area contributed by atoms with Gasteiger partial charge in [0.05, 0.1) is 17.9 Å². The Bertz CT molecular complexity index is 927. The second-order valence-electron chi connectivity index (χ2n) is 7.38. The summed E-state index contributed by atoms with van der Waals surface area (Å²) in [5.41, 5.74) is 4.57. The fourth-order valence-corrected chi connectivity index (χ4v) is 3.88. The molecule has 1 aliphatic rings. The van der Waals surface area contributed by atoms with Gasteiger partial charge in [0.1, 0.15) is 0 Å². The summed E-state index contributed by atoms with van der Waals surface area (Å²) in [5, 5.41) is 14.7. The molecule has 6 heteroatoms. The number of carbonyl (C=O) groups is 1. The molecule has 0 saturated carbocycles. The van der Waals surface area contributed by atoms with Crippen molar-refractivity contribution in [2.75, 3.05) is 5.32 Å². The number of hydrogen-bond acceptors (Lipinski definition) is 3. The first-order valence-electron chi connectivity index (χ1n) is 9.62. The van der Waals surface area contributed by atoms with Gasteiger partial charge in [0.15, 0.2) is 5.69 Å². The lowest BCUT2D eigenvalue weighted by atomic mass is 9.88. The SMILES string of the molecule is CCC(c1ccccc1)n1cc(NC(=O)c2n[nH]c3c2CCC(C)C3)cn1. The van der Waals surface area contributed by atoms with Crippen LogP contribution in [-0.2, 0) is 12.8 Å². The van der Waals surface area contributed by atoms with Crippen LogP contribution in [0.5, 0.6) is 0 Å². The molecule has 3 aromatic rings. The number of aromatic nitrogens is 4. The predicted molar refractivity (Wildman–Crippen MR) is 105 cm³/mol. The molecule has 6 nitrogen and oxygen atoms in total. The Kier molecular flexibility index (Phi) is 4.79. The number of hydrogen-bond donors (Lipinski definition) is 2. The van der Waals surface area contributed by atoms with Crippen LogP contribution >= 0.6 is 0 Å². The Balaban J connectivity index is 1.50. The van der Waals surface area contributed by atoms with Crippen molar-refractivity contribution in [2.45, 2.75) is 45.6 Å². The van der Waals surface area contributed by atoms with Gasteiger partial charge < -0.3 is 5.32 Å². The second-order valence-corrected chi connectivity index (χ2v) is 7.38. The highest BCUT2D eigenvalue weighted by Gasteiger charge is 2.25. The van der Waals surface area contributed by atoms with E-state index < -0.39 is 0 Å². The maximum absolute atomic E-state index is 12.7. The van der Waals surface area contributed by atoms with Crippen molar-refractivity contribution in [3.8, 4) is 0 Å². The fraction of sp³-hybridized carbons (Fsp3) is 0.381. The van der Waals surface area contributed by atoms with Crippen LogP contribution in [0.2, 0.25) is 0 Å². The molecule has 0 bridgehead atoms. The number of amides is 1. The van der Waals surface area contributed by atoms with Crippen molar-refractivity contribution in [3.63, 3.8) is 0 Å². The third-order valence-electron chi connectivity index (χ3n) is 5.36. The number of H-pyrrole nitrogens is 1. The Morgan fingerprint density at radius 3 is 2.96 bits per heavy atom. The first-order valence-corrected chi connectivity index (χ1v) is 9.62. The van der Waals surface area contributed by atoms with Gasteiger partial charge in [-0.3, -0.25) is 14.6 Å². The van der Waals surface area contributed by atoms with E-state index in [-0.39, 0.29) is 11.9 Å². The first-order chi connectivity index (χ1) is 13.2. The molecule has 1 aliphatic carbocycles. The van der Waals surface area contributed by atoms with Crippen molar-refractivity contribution < 1.29 is 4.79 Å². The lowest BCUT2D eigenvalue weighted by molar-refractivity contribution is 0.102. The topological polar surface area (TPSA) is 75.6 Å². The third kappa shape index (κ3) is 3.52. The van der Waals surface area contributed by atoms with E-state index in [1.807, 2.05) is 29.1 Å². The summed E-state index contributed by atoms with van der Waals surface area (Å²) >= 11 is 0. The summed E-state index contributed by atoms with van der Waals surface area (Å²) in [6.07, 6.45) is 7.47. The van der Waals surface area contributed by atoms with Gasteiger partial charge in [0.2, 0.25) is 0 Å². The minimum absolute atomic E-state index is 0.150. The van der Waals surface area contributed by atoms with E-state index in [0.29, 0.717) is 17.3 Å². The highest BCUT2D eigenvalue weighted by molar-refractivity contribution is 6.03. The van der Waals surface area contributed by atoms with E-state index in [1.54, 1.807) is 6.20 Å². The van der Waals surface area contributed by atoms with Gasteiger partial charge in [0.25, 0.3) is 5.91 Å². The molecule has 0 aliphatic heterocycles. The van der Waals surface area contributed by atoms with Crippen molar-refractivity contribution >= 4 is 11.6 Å². The largest absolute Gasteiger partial charge is 0.318 e. The van der Waals surface area contributed by atoms with Crippen LogP contribution < -0.4 is 5.32 Å². The Hall–Kier alpha value is -2.89. The van der Waals surface area contributed by atoms with E-state index in [2.05, 4.69) is 46.6 Å². The molecule has 2 heterocycles. The van der Waals surface area contributed by atoms with Crippen LogP contribution in [0.3, 0.4) is 0 Å². The zero-order valence-electron chi connectivity index (χ0n) is 15.8. The number of aromatic amines is 1. The lowest BCUT2D eigenvalue weighted by Gasteiger charge is -2.17. The number of nitrogens with one attached hydrogen (secondary N) is 2. The van der Waals surface area contributed by atoms with Crippen LogP contribution in [0, 0.1) is 5.92 Å². The highest BCUT2D eigenvalue weighted by atomic mass is 16.2. The van der Waals surface area contributed by atoms with Gasteiger partial charge in [0, 0.05) is 17.5 Å². The molecular weight excluding hydrogens is 338 g/mol. The molecule has 1 amide bonds. The maximum atomic E-state index is 12.7. The molecular formula is C21H25N5O. The molecule has 4 rings (SSSR count). The van der Waals surface area contributed by atoms with Gasteiger partial charge in [-0.1, -0.05) is 44.2 Å². The Labute approximate surface area is 159 Å². The van der Waals surface area contributed by atoms with Gasteiger partial charge in [-0.15, -0.1) is 0 Å². The molecule has 27 heavy (non-hydrogen) atoms. The standard InChI is InChI=1S/C21H25N5O/c1-3-19(15-7-5-4-6-8-15)26-13-16(12-22-26)23-21(27)20-17-10-9-14(2)11-18(17)24-25-20/h4-8,12-14,19H,3,9-11H2,1-2H3,(H,23,27)(H,24,25). The van der Waals surface area contributed by atoms with E-state index in [9.17, 15) is 4.79 Å². The normalized spacial score (nSPS) is 17.3. The van der Waals surface area contributed by atoms with Crippen molar-refractivity contribution in [2.24, 2.45) is 5.92 Å². The molecule has 2 N–H and O–H groups in total. The van der Waals surface area contributed by atoms with Crippen molar-refractivity contribution in [1.29, 1.82) is 0 Å². The molecule has 1 aromatic carbocycles. The fourth-order valence-electron chi connectivity index (χ4n) is 3.88. The number of nitrogens with zero attached hydrogens (tertiary/aromatic N) is 3. The number of carbonyl (C=O) groups excluding carboxylic acids is 1. The summed E-state index contributed by atoms with van der Waals surface area (Å²) in [6.45, 7) is 4.36. The molecule has 2 aromatic heterocycles. The monoisotopic (exact) mass is 363 g/mol. The number of anilines is 1. The number of fused-ring (bicyclic) bond motifs is 1. The van der Waals surface area contributed by atoms with Gasteiger partial charge in [-0.2, -0.15) is 10.2 Å². The summed E-state index contributed by atoms with van der Waals surface area (Å²) in [7, 11) is 0. The molecule has 2 unspecified atom stereocenters. The molecule has 2 atom stereocenters. The van der Waals surface area contributed by atoms with Crippen molar-refractivity contribution in [3.05, 3.63) is 65.2 Å². The minimum atomic E-state index is -0.172.